The molecule has 62 valence electrons. The number of carbonyl (C=O) groups excluding carboxylic acids is 1. The molecule has 0 radical (unpaired) electrons. The minimum Gasteiger partial charge on any atom is -0.501 e. The number of ketones is 1. The fourth-order valence-corrected chi connectivity index (χ4v) is 1.05. The van der Waals surface area contributed by atoms with Crippen molar-refractivity contribution in [3.8, 4) is 0 Å². The molecule has 1 fully saturated rings. The molecule has 1 saturated carbocycles. The molecule has 1 aliphatic carbocycles. The summed E-state index contributed by atoms with van der Waals surface area (Å²) in [6.07, 6.45) is 4.08. The maximum Gasteiger partial charge on any atom is 0.162 e. The van der Waals surface area contributed by atoms with Gasteiger partial charge in [-0.2, -0.15) is 0 Å². The van der Waals surface area contributed by atoms with Crippen LogP contribution in [0, 0.1) is 11.8 Å². The molecule has 0 amide bonds. The van der Waals surface area contributed by atoms with E-state index in [1.807, 2.05) is 6.92 Å². The minimum absolute atomic E-state index is 0.214. The fourth-order valence-electron chi connectivity index (χ4n) is 1.05. The Morgan fingerprint density at radius 3 is 2.82 bits per heavy atom. The van der Waals surface area contributed by atoms with Gasteiger partial charge in [0.1, 0.15) is 0 Å². The van der Waals surface area contributed by atoms with Gasteiger partial charge in [-0.3, -0.25) is 4.79 Å². The molecule has 0 aromatic rings. The summed E-state index contributed by atoms with van der Waals surface area (Å²) in [5.74, 6) is 1.09. The second-order valence-electron chi connectivity index (χ2n) is 2.98. The van der Waals surface area contributed by atoms with E-state index in [4.69, 9.17) is 4.74 Å². The highest BCUT2D eigenvalue weighted by molar-refractivity contribution is 5.93. The van der Waals surface area contributed by atoms with Gasteiger partial charge in [0, 0.05) is 12.0 Å². The molecule has 0 aromatic heterocycles. The SMILES string of the molecule is CCO/C=C/C(=O)C1CC1C. The molecule has 0 saturated heterocycles. The van der Waals surface area contributed by atoms with Gasteiger partial charge in [-0.25, -0.2) is 0 Å². The number of ether oxygens (including phenoxy) is 1. The van der Waals surface area contributed by atoms with Crippen LogP contribution in [0.1, 0.15) is 20.3 Å². The van der Waals surface area contributed by atoms with E-state index in [-0.39, 0.29) is 11.7 Å². The van der Waals surface area contributed by atoms with E-state index >= 15 is 0 Å². The van der Waals surface area contributed by atoms with Crippen LogP contribution in [0.4, 0.5) is 0 Å². The van der Waals surface area contributed by atoms with Gasteiger partial charge in [-0.1, -0.05) is 6.92 Å². The molecule has 0 bridgehead atoms. The van der Waals surface area contributed by atoms with E-state index < -0.39 is 0 Å². The first-order chi connectivity index (χ1) is 5.25. The first-order valence-electron chi connectivity index (χ1n) is 4.07. The molecular formula is C9H14O2. The van der Waals surface area contributed by atoms with Gasteiger partial charge in [-0.15, -0.1) is 0 Å². The zero-order valence-electron chi connectivity index (χ0n) is 7.04. The Kier molecular flexibility index (Phi) is 2.69. The zero-order valence-corrected chi connectivity index (χ0v) is 7.04. The first kappa shape index (κ1) is 8.31. The lowest BCUT2D eigenvalue weighted by atomic mass is 10.2. The zero-order chi connectivity index (χ0) is 8.27. The van der Waals surface area contributed by atoms with Crippen LogP contribution in [0.15, 0.2) is 12.3 Å². The van der Waals surface area contributed by atoms with Crippen LogP contribution in [0.5, 0.6) is 0 Å². The van der Waals surface area contributed by atoms with Crippen LogP contribution in [-0.4, -0.2) is 12.4 Å². The van der Waals surface area contributed by atoms with Crippen LogP contribution in [0.25, 0.3) is 0 Å². The van der Waals surface area contributed by atoms with Crippen molar-refractivity contribution in [3.05, 3.63) is 12.3 Å². The Morgan fingerprint density at radius 2 is 2.36 bits per heavy atom. The summed E-state index contributed by atoms with van der Waals surface area (Å²) >= 11 is 0. The molecule has 1 rings (SSSR count). The molecule has 2 nitrogen and oxygen atoms in total. The van der Waals surface area contributed by atoms with Crippen molar-refractivity contribution in [3.63, 3.8) is 0 Å². The number of allylic oxidation sites excluding steroid dienone is 1. The van der Waals surface area contributed by atoms with Crippen molar-refractivity contribution in [1.82, 2.24) is 0 Å². The Morgan fingerprint density at radius 1 is 1.73 bits per heavy atom. The van der Waals surface area contributed by atoms with Crippen molar-refractivity contribution in [2.75, 3.05) is 6.61 Å². The third-order valence-corrected chi connectivity index (χ3v) is 1.97. The molecule has 0 aliphatic heterocycles. The Hall–Kier alpha value is -0.790. The minimum atomic E-state index is 0.214. The van der Waals surface area contributed by atoms with Crippen LogP contribution in [0.2, 0.25) is 0 Å². The predicted octanol–water partition coefficient (Wildman–Crippen LogP) is 1.76. The predicted molar refractivity (Wildman–Crippen MR) is 43.0 cm³/mol. The van der Waals surface area contributed by atoms with E-state index in [0.29, 0.717) is 12.5 Å². The van der Waals surface area contributed by atoms with Crippen molar-refractivity contribution in [2.24, 2.45) is 11.8 Å². The second-order valence-corrected chi connectivity index (χ2v) is 2.98. The van der Waals surface area contributed by atoms with Gasteiger partial charge in [0.05, 0.1) is 12.9 Å². The Bertz CT molecular complexity index is 172. The van der Waals surface area contributed by atoms with E-state index in [1.165, 1.54) is 12.3 Å². The molecular weight excluding hydrogens is 140 g/mol. The largest absolute Gasteiger partial charge is 0.501 e. The number of hydrogen-bond donors (Lipinski definition) is 0. The Labute approximate surface area is 67.2 Å². The van der Waals surface area contributed by atoms with Crippen LogP contribution < -0.4 is 0 Å². The molecule has 0 N–H and O–H groups in total. The number of rotatable bonds is 4. The number of carbonyl (C=O) groups is 1. The van der Waals surface area contributed by atoms with E-state index in [0.717, 1.165) is 6.42 Å². The van der Waals surface area contributed by atoms with Gasteiger partial charge in [0.15, 0.2) is 5.78 Å². The maximum absolute atomic E-state index is 11.1. The lowest BCUT2D eigenvalue weighted by Crippen LogP contribution is -1.96. The van der Waals surface area contributed by atoms with Crippen molar-refractivity contribution >= 4 is 5.78 Å². The third-order valence-electron chi connectivity index (χ3n) is 1.97. The van der Waals surface area contributed by atoms with Gasteiger partial charge in [0.25, 0.3) is 0 Å². The Balaban J connectivity index is 2.21. The van der Waals surface area contributed by atoms with Crippen molar-refractivity contribution < 1.29 is 9.53 Å². The second kappa shape index (κ2) is 3.56. The van der Waals surface area contributed by atoms with Gasteiger partial charge in [-0.05, 0) is 19.3 Å². The lowest BCUT2D eigenvalue weighted by molar-refractivity contribution is -0.116. The third kappa shape index (κ3) is 2.37. The van der Waals surface area contributed by atoms with E-state index in [2.05, 4.69) is 6.92 Å². The van der Waals surface area contributed by atoms with Crippen molar-refractivity contribution in [1.29, 1.82) is 0 Å². The summed E-state index contributed by atoms with van der Waals surface area (Å²) in [5.41, 5.74) is 0. The molecule has 0 spiro atoms. The molecule has 11 heavy (non-hydrogen) atoms. The monoisotopic (exact) mass is 154 g/mol. The summed E-state index contributed by atoms with van der Waals surface area (Å²) in [5, 5.41) is 0. The topological polar surface area (TPSA) is 26.3 Å². The molecule has 2 heteroatoms. The van der Waals surface area contributed by atoms with Gasteiger partial charge < -0.3 is 4.74 Å². The van der Waals surface area contributed by atoms with Crippen LogP contribution >= 0.6 is 0 Å². The summed E-state index contributed by atoms with van der Waals surface area (Å²) in [4.78, 5) is 11.1. The summed E-state index contributed by atoms with van der Waals surface area (Å²) in [7, 11) is 0. The molecule has 1 aliphatic rings. The molecule has 0 aromatic carbocycles. The van der Waals surface area contributed by atoms with E-state index in [9.17, 15) is 4.79 Å². The average Bonchev–Trinajstić information content (AvgIpc) is 2.67. The van der Waals surface area contributed by atoms with Crippen LogP contribution in [0.3, 0.4) is 0 Å². The molecule has 0 heterocycles. The number of hydrogen-bond acceptors (Lipinski definition) is 2. The van der Waals surface area contributed by atoms with Gasteiger partial charge in [0.2, 0.25) is 0 Å². The molecule has 2 unspecified atom stereocenters. The first-order valence-corrected chi connectivity index (χ1v) is 4.07. The van der Waals surface area contributed by atoms with Crippen LogP contribution in [-0.2, 0) is 9.53 Å². The quantitative estimate of drug-likeness (QED) is 0.455. The summed E-state index contributed by atoms with van der Waals surface area (Å²) in [6, 6.07) is 0. The van der Waals surface area contributed by atoms with Crippen molar-refractivity contribution in [2.45, 2.75) is 20.3 Å². The highest BCUT2D eigenvalue weighted by Crippen LogP contribution is 2.38. The average molecular weight is 154 g/mol. The van der Waals surface area contributed by atoms with E-state index in [1.54, 1.807) is 0 Å². The lowest BCUT2D eigenvalue weighted by Gasteiger charge is -1.91. The smallest absolute Gasteiger partial charge is 0.162 e. The maximum atomic E-state index is 11.1. The van der Waals surface area contributed by atoms with Gasteiger partial charge >= 0.3 is 0 Å². The highest BCUT2D eigenvalue weighted by Gasteiger charge is 2.37. The fraction of sp³-hybridized carbons (Fsp3) is 0.667. The standard InChI is InChI=1S/C9H14O2/c1-3-11-5-4-9(10)8-6-7(8)2/h4-5,7-8H,3,6H2,1-2H3/b5-4+. The summed E-state index contributed by atoms with van der Waals surface area (Å²) in [6.45, 7) is 4.62. The normalized spacial score (nSPS) is 28.9. The molecule has 2 atom stereocenters. The highest BCUT2D eigenvalue weighted by atomic mass is 16.5. The summed E-state index contributed by atoms with van der Waals surface area (Å²) < 4.78 is 4.92.